The first-order valence-corrected chi connectivity index (χ1v) is 11.9. The van der Waals surface area contributed by atoms with Crippen LogP contribution in [0.5, 0.6) is 5.75 Å². The standard InChI is InChI=1S/C24H26FNO5S/c1-2-3-4-10-24(27)26(18-22-9-6-15-30-22)17-19-7-5-8-21(16-19)31-32(28,29)23-13-11-20(25)12-14-23/h5-9,11-16H,2-4,10,17-18H2,1H3. The minimum Gasteiger partial charge on any atom is -0.467 e. The number of rotatable bonds is 11. The lowest BCUT2D eigenvalue weighted by Crippen LogP contribution is -2.29. The van der Waals surface area contributed by atoms with E-state index in [9.17, 15) is 17.6 Å². The molecule has 3 aromatic rings. The zero-order valence-electron chi connectivity index (χ0n) is 17.9. The number of nitrogens with zero attached hydrogens (tertiary/aromatic N) is 1. The zero-order chi connectivity index (χ0) is 23.0. The average molecular weight is 460 g/mol. The molecule has 1 amide bonds. The van der Waals surface area contributed by atoms with Crippen LogP contribution in [0.4, 0.5) is 4.39 Å². The second kappa shape index (κ2) is 10.9. The van der Waals surface area contributed by atoms with E-state index in [1.165, 1.54) is 6.07 Å². The van der Waals surface area contributed by atoms with Crippen LogP contribution in [0, 0.1) is 5.82 Å². The lowest BCUT2D eigenvalue weighted by atomic mass is 10.1. The molecular weight excluding hydrogens is 433 g/mol. The average Bonchev–Trinajstić information content (AvgIpc) is 3.27. The summed E-state index contributed by atoms with van der Waals surface area (Å²) < 4.78 is 48.7. The highest BCUT2D eigenvalue weighted by molar-refractivity contribution is 7.87. The molecule has 3 rings (SSSR count). The van der Waals surface area contributed by atoms with Crippen LogP contribution >= 0.6 is 0 Å². The molecule has 0 aliphatic heterocycles. The number of hydrogen-bond donors (Lipinski definition) is 0. The van der Waals surface area contributed by atoms with Crippen molar-refractivity contribution in [2.75, 3.05) is 0 Å². The van der Waals surface area contributed by atoms with Crippen molar-refractivity contribution in [3.8, 4) is 5.75 Å². The predicted molar refractivity (Wildman–Crippen MR) is 118 cm³/mol. The molecule has 0 saturated heterocycles. The number of carbonyl (C=O) groups excluding carboxylic acids is 1. The third-order valence-electron chi connectivity index (χ3n) is 4.85. The summed E-state index contributed by atoms with van der Waals surface area (Å²) in [6.45, 7) is 2.67. The first kappa shape index (κ1) is 23.5. The molecule has 1 heterocycles. The van der Waals surface area contributed by atoms with Gasteiger partial charge in [-0.3, -0.25) is 4.79 Å². The van der Waals surface area contributed by atoms with Crippen molar-refractivity contribution < 1.29 is 26.2 Å². The molecule has 0 radical (unpaired) electrons. The molecule has 0 saturated carbocycles. The summed E-state index contributed by atoms with van der Waals surface area (Å²) >= 11 is 0. The minimum absolute atomic E-state index is 0.0000974. The number of amides is 1. The predicted octanol–water partition coefficient (Wildman–Crippen LogP) is 5.30. The van der Waals surface area contributed by atoms with Gasteiger partial charge < -0.3 is 13.5 Å². The molecule has 0 N–H and O–H groups in total. The second-order valence-corrected chi connectivity index (χ2v) is 8.97. The van der Waals surface area contributed by atoms with E-state index in [4.69, 9.17) is 8.60 Å². The van der Waals surface area contributed by atoms with Crippen LogP contribution in [0.1, 0.15) is 43.9 Å². The van der Waals surface area contributed by atoms with E-state index >= 15 is 0 Å². The van der Waals surface area contributed by atoms with E-state index in [-0.39, 0.29) is 23.1 Å². The van der Waals surface area contributed by atoms with E-state index in [1.54, 1.807) is 41.5 Å². The van der Waals surface area contributed by atoms with Crippen LogP contribution in [0.15, 0.2) is 76.2 Å². The van der Waals surface area contributed by atoms with Gasteiger partial charge in [0.15, 0.2) is 0 Å². The summed E-state index contributed by atoms with van der Waals surface area (Å²) in [6.07, 6.45) is 4.80. The Morgan fingerprint density at radius 2 is 1.81 bits per heavy atom. The van der Waals surface area contributed by atoms with Crippen molar-refractivity contribution in [3.63, 3.8) is 0 Å². The maximum Gasteiger partial charge on any atom is 0.339 e. The number of furan rings is 1. The van der Waals surface area contributed by atoms with Gasteiger partial charge in [0.2, 0.25) is 5.91 Å². The first-order chi connectivity index (χ1) is 15.4. The fourth-order valence-corrected chi connectivity index (χ4v) is 4.12. The Hall–Kier alpha value is -3.13. The van der Waals surface area contributed by atoms with Gasteiger partial charge in [-0.25, -0.2) is 4.39 Å². The van der Waals surface area contributed by atoms with Crippen LogP contribution in [-0.4, -0.2) is 19.2 Å². The Balaban J connectivity index is 1.74. The van der Waals surface area contributed by atoms with Crippen molar-refractivity contribution in [1.82, 2.24) is 4.90 Å². The maximum atomic E-state index is 13.1. The molecule has 32 heavy (non-hydrogen) atoms. The summed E-state index contributed by atoms with van der Waals surface area (Å²) in [7, 11) is -4.11. The van der Waals surface area contributed by atoms with Gasteiger partial charge in [0.1, 0.15) is 22.2 Å². The molecular formula is C24H26FNO5S. The molecule has 0 aliphatic rings. The number of carbonyl (C=O) groups is 1. The summed E-state index contributed by atoms with van der Waals surface area (Å²) in [5.74, 6) is 0.245. The number of halogens is 1. The smallest absolute Gasteiger partial charge is 0.339 e. The van der Waals surface area contributed by atoms with Crippen LogP contribution in [-0.2, 0) is 28.0 Å². The summed E-state index contributed by atoms with van der Waals surface area (Å²) in [6, 6.07) is 14.5. The largest absolute Gasteiger partial charge is 0.467 e. The van der Waals surface area contributed by atoms with Gasteiger partial charge in [-0.1, -0.05) is 31.9 Å². The molecule has 2 aromatic carbocycles. The summed E-state index contributed by atoms with van der Waals surface area (Å²) in [4.78, 5) is 14.3. The Morgan fingerprint density at radius 1 is 1.03 bits per heavy atom. The first-order valence-electron chi connectivity index (χ1n) is 10.5. The van der Waals surface area contributed by atoms with Gasteiger partial charge in [0.25, 0.3) is 0 Å². The lowest BCUT2D eigenvalue weighted by Gasteiger charge is -2.22. The summed E-state index contributed by atoms with van der Waals surface area (Å²) in [5.41, 5.74) is 0.715. The van der Waals surface area contributed by atoms with E-state index in [0.29, 0.717) is 24.3 Å². The van der Waals surface area contributed by atoms with Crippen LogP contribution in [0.25, 0.3) is 0 Å². The van der Waals surface area contributed by atoms with Crippen LogP contribution < -0.4 is 4.18 Å². The highest BCUT2D eigenvalue weighted by Crippen LogP contribution is 2.22. The molecule has 6 nitrogen and oxygen atoms in total. The van der Waals surface area contributed by atoms with Crippen molar-refractivity contribution in [2.24, 2.45) is 0 Å². The fraction of sp³-hybridized carbons (Fsp3) is 0.292. The highest BCUT2D eigenvalue weighted by atomic mass is 32.2. The van der Waals surface area contributed by atoms with Crippen molar-refractivity contribution >= 4 is 16.0 Å². The lowest BCUT2D eigenvalue weighted by molar-refractivity contribution is -0.132. The van der Waals surface area contributed by atoms with Crippen molar-refractivity contribution in [3.05, 3.63) is 84.1 Å². The normalized spacial score (nSPS) is 11.3. The topological polar surface area (TPSA) is 76.8 Å². The Kier molecular flexibility index (Phi) is 8.05. The number of benzene rings is 2. The van der Waals surface area contributed by atoms with E-state index < -0.39 is 15.9 Å². The van der Waals surface area contributed by atoms with Gasteiger partial charge >= 0.3 is 10.1 Å². The van der Waals surface area contributed by atoms with Gasteiger partial charge in [0, 0.05) is 13.0 Å². The Bertz CT molecular complexity index is 1110. The minimum atomic E-state index is -4.11. The monoisotopic (exact) mass is 459 g/mol. The van der Waals surface area contributed by atoms with Crippen LogP contribution in [0.3, 0.4) is 0 Å². The summed E-state index contributed by atoms with van der Waals surface area (Å²) in [5, 5.41) is 0. The quantitative estimate of drug-likeness (QED) is 0.287. The number of unbranched alkanes of at least 4 members (excludes halogenated alkanes) is 2. The molecule has 1 aromatic heterocycles. The molecule has 0 bridgehead atoms. The molecule has 0 spiro atoms. The molecule has 170 valence electrons. The molecule has 0 unspecified atom stereocenters. The fourth-order valence-electron chi connectivity index (χ4n) is 3.20. The van der Waals surface area contributed by atoms with E-state index in [1.807, 2.05) is 0 Å². The van der Waals surface area contributed by atoms with Gasteiger partial charge in [-0.15, -0.1) is 0 Å². The second-order valence-electron chi connectivity index (χ2n) is 7.43. The maximum absolute atomic E-state index is 13.1. The van der Waals surface area contributed by atoms with E-state index in [0.717, 1.165) is 43.5 Å². The Morgan fingerprint density at radius 3 is 2.50 bits per heavy atom. The van der Waals surface area contributed by atoms with Gasteiger partial charge in [-0.2, -0.15) is 8.42 Å². The van der Waals surface area contributed by atoms with Gasteiger partial charge in [0.05, 0.1) is 12.8 Å². The molecule has 8 heteroatoms. The van der Waals surface area contributed by atoms with Crippen molar-refractivity contribution in [1.29, 1.82) is 0 Å². The molecule has 0 atom stereocenters. The third-order valence-corrected chi connectivity index (χ3v) is 6.12. The van der Waals surface area contributed by atoms with Gasteiger partial charge in [-0.05, 0) is 60.5 Å². The molecule has 0 fully saturated rings. The molecule has 0 aliphatic carbocycles. The SMILES string of the molecule is CCCCCC(=O)N(Cc1cccc(OS(=O)(=O)c2ccc(F)cc2)c1)Cc1ccco1. The number of hydrogen-bond acceptors (Lipinski definition) is 5. The van der Waals surface area contributed by atoms with Crippen molar-refractivity contribution in [2.45, 2.75) is 50.6 Å². The van der Waals surface area contributed by atoms with Crippen LogP contribution in [0.2, 0.25) is 0 Å². The highest BCUT2D eigenvalue weighted by Gasteiger charge is 2.19. The van der Waals surface area contributed by atoms with E-state index in [2.05, 4.69) is 6.92 Å². The Labute approximate surface area is 187 Å². The zero-order valence-corrected chi connectivity index (χ0v) is 18.7. The third kappa shape index (κ3) is 6.68.